The summed E-state index contributed by atoms with van der Waals surface area (Å²) >= 11 is 0. The highest BCUT2D eigenvalue weighted by atomic mass is 16.2. The lowest BCUT2D eigenvalue weighted by atomic mass is 10.1. The molecule has 2 heterocycles. The number of H-pyrrole nitrogens is 1. The van der Waals surface area contributed by atoms with Crippen molar-refractivity contribution in [1.29, 1.82) is 0 Å². The Morgan fingerprint density at radius 2 is 1.69 bits per heavy atom. The van der Waals surface area contributed by atoms with Gasteiger partial charge in [0, 0.05) is 43.6 Å². The Bertz CT molecular complexity index is 1080. The third-order valence-electron chi connectivity index (χ3n) is 5.56. The average Bonchev–Trinajstić information content (AvgIpc) is 2.76. The molecule has 2 aromatic carbocycles. The van der Waals surface area contributed by atoms with Crippen LogP contribution in [-0.4, -0.2) is 47.0 Å². The van der Waals surface area contributed by atoms with E-state index >= 15 is 0 Å². The van der Waals surface area contributed by atoms with E-state index in [2.05, 4.69) is 46.9 Å². The lowest BCUT2D eigenvalue weighted by Crippen LogP contribution is -2.49. The number of hydrogen-bond donors (Lipinski definition) is 1. The van der Waals surface area contributed by atoms with E-state index in [1.165, 1.54) is 23.0 Å². The topological polar surface area (TPSA) is 69.3 Å². The molecule has 3 aromatic rings. The molecule has 1 N–H and O–H groups in total. The van der Waals surface area contributed by atoms with Gasteiger partial charge in [-0.1, -0.05) is 42.5 Å². The Labute approximate surface area is 169 Å². The highest BCUT2D eigenvalue weighted by Gasteiger charge is 2.25. The van der Waals surface area contributed by atoms with Crippen LogP contribution >= 0.6 is 0 Å². The highest BCUT2D eigenvalue weighted by molar-refractivity contribution is 5.93. The van der Waals surface area contributed by atoms with Crippen LogP contribution in [0.3, 0.4) is 0 Å². The second kappa shape index (κ2) is 7.91. The Kier molecular flexibility index (Phi) is 5.16. The van der Waals surface area contributed by atoms with E-state index in [0.29, 0.717) is 18.9 Å². The third-order valence-corrected chi connectivity index (χ3v) is 5.56. The Hall–Kier alpha value is -3.41. The lowest BCUT2D eigenvalue weighted by molar-refractivity contribution is 0.0744. The van der Waals surface area contributed by atoms with Gasteiger partial charge in [-0.3, -0.25) is 9.59 Å². The first-order chi connectivity index (χ1) is 14.0. The molecule has 1 aliphatic heterocycles. The molecule has 0 radical (unpaired) electrons. The van der Waals surface area contributed by atoms with Gasteiger partial charge < -0.3 is 14.8 Å². The molecule has 1 aromatic heterocycles. The first-order valence-corrected chi connectivity index (χ1v) is 9.80. The third kappa shape index (κ3) is 3.78. The van der Waals surface area contributed by atoms with Crippen LogP contribution in [0.4, 0.5) is 5.69 Å². The summed E-state index contributed by atoms with van der Waals surface area (Å²) in [5.74, 6) is 0.200. The fraction of sp³-hybridized carbons (Fsp3) is 0.261. The number of carbonyl (C=O) groups is 1. The van der Waals surface area contributed by atoms with Crippen LogP contribution < -0.4 is 10.5 Å². The van der Waals surface area contributed by atoms with Crippen molar-refractivity contribution >= 4 is 11.6 Å². The zero-order valence-electron chi connectivity index (χ0n) is 16.7. The molecule has 6 nitrogen and oxygen atoms in total. The molecule has 29 heavy (non-hydrogen) atoms. The maximum absolute atomic E-state index is 12.9. The van der Waals surface area contributed by atoms with Gasteiger partial charge in [0.25, 0.3) is 11.5 Å². The molecule has 6 heteroatoms. The molecule has 1 aliphatic rings. The van der Waals surface area contributed by atoms with Gasteiger partial charge in [-0.15, -0.1) is 0 Å². The molecular weight excluding hydrogens is 364 g/mol. The quantitative estimate of drug-likeness (QED) is 0.749. The predicted molar refractivity (Wildman–Crippen MR) is 114 cm³/mol. The SMILES string of the molecule is Cc1cccc(N2CCN(C(=O)c3cnc(-c4ccccc4)[nH]c3=O)CC2)c1C. The number of benzene rings is 2. The van der Waals surface area contributed by atoms with Crippen LogP contribution in [0.5, 0.6) is 0 Å². The van der Waals surface area contributed by atoms with E-state index in [9.17, 15) is 9.59 Å². The molecule has 0 aliphatic carbocycles. The zero-order valence-corrected chi connectivity index (χ0v) is 16.7. The molecule has 1 amide bonds. The molecule has 0 unspecified atom stereocenters. The molecule has 1 fully saturated rings. The minimum absolute atomic E-state index is 0.0878. The van der Waals surface area contributed by atoms with Crippen LogP contribution in [0.25, 0.3) is 11.4 Å². The number of piperazine rings is 1. The summed E-state index contributed by atoms with van der Waals surface area (Å²) in [6.07, 6.45) is 1.39. The number of aromatic amines is 1. The summed E-state index contributed by atoms with van der Waals surface area (Å²) in [7, 11) is 0. The van der Waals surface area contributed by atoms with Crippen LogP contribution in [0.1, 0.15) is 21.5 Å². The fourth-order valence-corrected chi connectivity index (χ4v) is 3.69. The Morgan fingerprint density at radius 1 is 0.966 bits per heavy atom. The highest BCUT2D eigenvalue weighted by Crippen LogP contribution is 2.24. The van der Waals surface area contributed by atoms with Gasteiger partial charge in [-0.25, -0.2) is 4.98 Å². The summed E-state index contributed by atoms with van der Waals surface area (Å²) in [5, 5.41) is 0. The van der Waals surface area contributed by atoms with E-state index < -0.39 is 5.56 Å². The molecule has 148 valence electrons. The van der Waals surface area contributed by atoms with Gasteiger partial charge in [0.15, 0.2) is 0 Å². The number of aryl methyl sites for hydroxylation is 1. The van der Waals surface area contributed by atoms with Gasteiger partial charge in [0.05, 0.1) is 0 Å². The van der Waals surface area contributed by atoms with Gasteiger partial charge in [0.2, 0.25) is 0 Å². The summed E-state index contributed by atoms with van der Waals surface area (Å²) in [6.45, 7) is 6.86. The van der Waals surface area contributed by atoms with Crippen molar-refractivity contribution in [1.82, 2.24) is 14.9 Å². The van der Waals surface area contributed by atoms with Crippen molar-refractivity contribution in [2.75, 3.05) is 31.1 Å². The minimum Gasteiger partial charge on any atom is -0.368 e. The zero-order chi connectivity index (χ0) is 20.4. The van der Waals surface area contributed by atoms with Crippen molar-refractivity contribution < 1.29 is 4.79 Å². The van der Waals surface area contributed by atoms with Crippen LogP contribution in [0, 0.1) is 13.8 Å². The summed E-state index contributed by atoms with van der Waals surface area (Å²) < 4.78 is 0. The number of nitrogens with one attached hydrogen (secondary N) is 1. The number of nitrogens with zero attached hydrogens (tertiary/aromatic N) is 3. The van der Waals surface area contributed by atoms with E-state index in [1.54, 1.807) is 4.90 Å². The number of rotatable bonds is 3. The van der Waals surface area contributed by atoms with E-state index in [-0.39, 0.29) is 11.5 Å². The lowest BCUT2D eigenvalue weighted by Gasteiger charge is -2.37. The molecule has 0 spiro atoms. The number of hydrogen-bond acceptors (Lipinski definition) is 4. The van der Waals surface area contributed by atoms with Gasteiger partial charge in [-0.2, -0.15) is 0 Å². The first kappa shape index (κ1) is 18.9. The average molecular weight is 388 g/mol. The van der Waals surface area contributed by atoms with Gasteiger partial charge >= 0.3 is 0 Å². The number of anilines is 1. The van der Waals surface area contributed by atoms with Crippen LogP contribution in [0.15, 0.2) is 59.5 Å². The number of aromatic nitrogens is 2. The smallest absolute Gasteiger partial charge is 0.264 e. The predicted octanol–water partition coefficient (Wildman–Crippen LogP) is 3.02. The van der Waals surface area contributed by atoms with Crippen molar-refractivity contribution in [2.24, 2.45) is 0 Å². The van der Waals surface area contributed by atoms with Crippen molar-refractivity contribution in [3.8, 4) is 11.4 Å². The van der Waals surface area contributed by atoms with Gasteiger partial charge in [-0.05, 0) is 31.0 Å². The van der Waals surface area contributed by atoms with Crippen molar-refractivity contribution in [3.63, 3.8) is 0 Å². The van der Waals surface area contributed by atoms with Crippen molar-refractivity contribution in [2.45, 2.75) is 13.8 Å². The molecule has 0 atom stereocenters. The summed E-state index contributed by atoms with van der Waals surface area (Å²) in [4.78, 5) is 36.5. The minimum atomic E-state index is -0.402. The van der Waals surface area contributed by atoms with Gasteiger partial charge in [0.1, 0.15) is 11.4 Å². The summed E-state index contributed by atoms with van der Waals surface area (Å²) in [5.41, 5.74) is 4.24. The molecule has 0 saturated carbocycles. The van der Waals surface area contributed by atoms with Crippen LogP contribution in [0.2, 0.25) is 0 Å². The second-order valence-corrected chi connectivity index (χ2v) is 7.34. The monoisotopic (exact) mass is 388 g/mol. The second-order valence-electron chi connectivity index (χ2n) is 7.34. The maximum Gasteiger partial charge on any atom is 0.264 e. The molecular formula is C23H24N4O2. The number of carbonyl (C=O) groups excluding carboxylic acids is 1. The summed E-state index contributed by atoms with van der Waals surface area (Å²) in [6, 6.07) is 15.7. The molecule has 0 bridgehead atoms. The standard InChI is InChI=1S/C23H24N4O2/c1-16-7-6-10-20(17(16)2)26-11-13-27(14-12-26)23(29)19-15-24-21(25-22(19)28)18-8-4-3-5-9-18/h3-10,15H,11-14H2,1-2H3,(H,24,25,28). The Morgan fingerprint density at radius 3 is 2.38 bits per heavy atom. The number of amides is 1. The van der Waals surface area contributed by atoms with E-state index in [1.807, 2.05) is 30.3 Å². The fourth-order valence-electron chi connectivity index (χ4n) is 3.69. The van der Waals surface area contributed by atoms with E-state index in [0.717, 1.165) is 18.7 Å². The Balaban J connectivity index is 1.47. The normalized spacial score (nSPS) is 14.1. The molecule has 1 saturated heterocycles. The maximum atomic E-state index is 12.9. The van der Waals surface area contributed by atoms with E-state index in [4.69, 9.17) is 0 Å². The van der Waals surface area contributed by atoms with Crippen LogP contribution in [-0.2, 0) is 0 Å². The van der Waals surface area contributed by atoms with Crippen molar-refractivity contribution in [3.05, 3.63) is 81.8 Å². The largest absolute Gasteiger partial charge is 0.368 e. The first-order valence-electron chi connectivity index (χ1n) is 9.80. The molecule has 4 rings (SSSR count).